The molecule has 0 spiro atoms. The van der Waals surface area contributed by atoms with Gasteiger partial charge in [-0.3, -0.25) is 9.59 Å². The maximum atomic E-state index is 12.2. The summed E-state index contributed by atoms with van der Waals surface area (Å²) in [6.45, 7) is 8.05. The number of nitrogens with zero attached hydrogens (tertiary/aromatic N) is 2. The van der Waals surface area contributed by atoms with Crippen LogP contribution in [0.2, 0.25) is 0 Å². The van der Waals surface area contributed by atoms with E-state index in [1.54, 1.807) is 0 Å². The quantitative estimate of drug-likeness (QED) is 0.834. The Hall–Kier alpha value is -0.890. The Morgan fingerprint density at radius 2 is 2.17 bits per heavy atom. The van der Waals surface area contributed by atoms with E-state index in [1.165, 1.54) is 11.3 Å². The van der Waals surface area contributed by atoms with E-state index >= 15 is 0 Å². The van der Waals surface area contributed by atoms with E-state index in [0.29, 0.717) is 17.6 Å². The fourth-order valence-corrected chi connectivity index (χ4v) is 2.83. The second-order valence-electron chi connectivity index (χ2n) is 5.66. The Morgan fingerprint density at radius 3 is 2.78 bits per heavy atom. The highest BCUT2D eigenvalue weighted by Crippen LogP contribution is 2.17. The van der Waals surface area contributed by atoms with Gasteiger partial charge in [0.2, 0.25) is 11.8 Å². The molecule has 0 aliphatic carbocycles. The lowest BCUT2D eigenvalue weighted by Crippen LogP contribution is -2.51. The average Bonchev–Trinajstić information content (AvgIpc) is 2.85. The topological polar surface area (TPSA) is 74.3 Å². The minimum atomic E-state index is -0.0821. The number of hydrogen-bond acceptors (Lipinski definition) is 5. The predicted molar refractivity (Wildman–Crippen MR) is 97.8 cm³/mol. The van der Waals surface area contributed by atoms with Crippen LogP contribution < -0.4 is 10.6 Å². The van der Waals surface area contributed by atoms with E-state index in [0.717, 1.165) is 25.3 Å². The van der Waals surface area contributed by atoms with Crippen LogP contribution in [0.3, 0.4) is 0 Å². The summed E-state index contributed by atoms with van der Waals surface area (Å²) in [6, 6.07) is 0.332. The first-order valence-electron chi connectivity index (χ1n) is 7.22. The summed E-state index contributed by atoms with van der Waals surface area (Å²) in [6.07, 6.45) is 0.292. The summed E-state index contributed by atoms with van der Waals surface area (Å²) in [5.74, 6) is -0.0464. The smallest absolute Gasteiger partial charge is 0.228 e. The van der Waals surface area contributed by atoms with Gasteiger partial charge in [-0.2, -0.15) is 0 Å². The monoisotopic (exact) mass is 382 g/mol. The third kappa shape index (κ3) is 6.63. The minimum Gasteiger partial charge on any atom is -0.340 e. The van der Waals surface area contributed by atoms with Crippen molar-refractivity contribution in [2.24, 2.45) is 5.92 Å². The van der Waals surface area contributed by atoms with Crippen molar-refractivity contribution < 1.29 is 9.59 Å². The third-order valence-electron chi connectivity index (χ3n) is 3.36. The Bertz CT molecular complexity index is 525. The zero-order valence-electron chi connectivity index (χ0n) is 13.5. The first-order valence-corrected chi connectivity index (χ1v) is 8.10. The first-order chi connectivity index (χ1) is 9.95. The molecular weight excluding hydrogens is 359 g/mol. The van der Waals surface area contributed by atoms with Gasteiger partial charge in [0, 0.05) is 37.0 Å². The summed E-state index contributed by atoms with van der Waals surface area (Å²) in [5, 5.41) is 8.46. The molecule has 2 heterocycles. The number of piperazine rings is 1. The number of carbonyl (C=O) groups is 2. The third-order valence-corrected chi connectivity index (χ3v) is 4.17. The number of hydrogen-bond donors (Lipinski definition) is 2. The van der Waals surface area contributed by atoms with Crippen molar-refractivity contribution in [3.8, 4) is 0 Å². The lowest BCUT2D eigenvalue weighted by molar-refractivity contribution is -0.131. The van der Waals surface area contributed by atoms with Crippen LogP contribution in [0.5, 0.6) is 0 Å². The number of aromatic nitrogens is 1. The largest absolute Gasteiger partial charge is 0.340 e. The maximum Gasteiger partial charge on any atom is 0.228 e. The molecule has 9 heteroatoms. The molecule has 0 aromatic carbocycles. The van der Waals surface area contributed by atoms with Crippen molar-refractivity contribution in [1.29, 1.82) is 0 Å². The molecule has 0 saturated carbocycles. The number of thiazole rings is 1. The number of anilines is 1. The van der Waals surface area contributed by atoms with Crippen LogP contribution in [0.1, 0.15) is 26.5 Å². The molecule has 2 rings (SSSR count). The molecule has 0 radical (unpaired) electrons. The van der Waals surface area contributed by atoms with Gasteiger partial charge >= 0.3 is 0 Å². The van der Waals surface area contributed by atoms with E-state index in [1.807, 2.05) is 24.1 Å². The van der Waals surface area contributed by atoms with Crippen molar-refractivity contribution in [2.45, 2.75) is 33.2 Å². The van der Waals surface area contributed by atoms with Crippen LogP contribution >= 0.6 is 36.2 Å². The van der Waals surface area contributed by atoms with E-state index < -0.39 is 0 Å². The second kappa shape index (κ2) is 10.1. The van der Waals surface area contributed by atoms with E-state index in [-0.39, 0.29) is 42.5 Å². The Labute approximate surface area is 153 Å². The zero-order chi connectivity index (χ0) is 15.4. The molecule has 1 aliphatic heterocycles. The SMILES string of the molecule is CC1CN(C(=O)Cc2csc(NC(=O)C(C)C)n2)CCN1.Cl.Cl. The van der Waals surface area contributed by atoms with Gasteiger partial charge in [-0.15, -0.1) is 36.2 Å². The molecule has 2 N–H and O–H groups in total. The molecule has 1 atom stereocenters. The number of rotatable bonds is 4. The standard InChI is InChI=1S/C14H22N4O2S.2ClH/c1-9(2)13(20)17-14-16-11(8-21-14)6-12(19)18-5-4-15-10(3)7-18;;/h8-10,15H,4-7H2,1-3H3,(H,16,17,20);2*1H. The van der Waals surface area contributed by atoms with E-state index in [2.05, 4.69) is 22.5 Å². The van der Waals surface area contributed by atoms with Crippen molar-refractivity contribution in [3.63, 3.8) is 0 Å². The Morgan fingerprint density at radius 1 is 1.48 bits per heavy atom. The van der Waals surface area contributed by atoms with Gasteiger partial charge in [0.15, 0.2) is 5.13 Å². The van der Waals surface area contributed by atoms with Crippen LogP contribution in [-0.2, 0) is 16.0 Å². The molecule has 1 unspecified atom stereocenters. The number of halogens is 2. The second-order valence-corrected chi connectivity index (χ2v) is 6.52. The van der Waals surface area contributed by atoms with E-state index in [9.17, 15) is 9.59 Å². The van der Waals surface area contributed by atoms with Crippen LogP contribution in [0.15, 0.2) is 5.38 Å². The Kier molecular flexibility index (Phi) is 9.68. The molecule has 1 aromatic rings. The van der Waals surface area contributed by atoms with Crippen LogP contribution in [-0.4, -0.2) is 47.4 Å². The molecule has 2 amide bonds. The zero-order valence-corrected chi connectivity index (χ0v) is 15.9. The number of amides is 2. The highest BCUT2D eigenvalue weighted by molar-refractivity contribution is 7.13. The fourth-order valence-electron chi connectivity index (χ4n) is 2.12. The minimum absolute atomic E-state index is 0. The summed E-state index contributed by atoms with van der Waals surface area (Å²) in [7, 11) is 0. The van der Waals surface area contributed by atoms with Gasteiger partial charge in [-0.1, -0.05) is 13.8 Å². The molecule has 6 nitrogen and oxygen atoms in total. The van der Waals surface area contributed by atoms with Crippen LogP contribution in [0, 0.1) is 5.92 Å². The maximum absolute atomic E-state index is 12.2. The lowest BCUT2D eigenvalue weighted by atomic mass is 10.2. The average molecular weight is 383 g/mol. The molecule has 1 fully saturated rings. The van der Waals surface area contributed by atoms with Gasteiger partial charge in [-0.05, 0) is 6.92 Å². The molecule has 1 aliphatic rings. The fraction of sp³-hybridized carbons (Fsp3) is 0.643. The molecule has 1 aromatic heterocycles. The van der Waals surface area contributed by atoms with Crippen molar-refractivity contribution in [3.05, 3.63) is 11.1 Å². The van der Waals surface area contributed by atoms with Crippen LogP contribution in [0.4, 0.5) is 5.13 Å². The Balaban J connectivity index is 0.00000242. The number of nitrogens with one attached hydrogen (secondary N) is 2. The summed E-state index contributed by atoms with van der Waals surface area (Å²) in [5.41, 5.74) is 0.718. The normalized spacial score (nSPS) is 17.2. The van der Waals surface area contributed by atoms with Crippen molar-refractivity contribution in [2.75, 3.05) is 25.0 Å². The summed E-state index contributed by atoms with van der Waals surface area (Å²) < 4.78 is 0. The number of carbonyl (C=O) groups excluding carboxylic acids is 2. The summed E-state index contributed by atoms with van der Waals surface area (Å²) in [4.78, 5) is 30.0. The molecule has 0 bridgehead atoms. The van der Waals surface area contributed by atoms with Gasteiger partial charge in [-0.25, -0.2) is 4.98 Å². The molecule has 23 heavy (non-hydrogen) atoms. The lowest BCUT2D eigenvalue weighted by Gasteiger charge is -2.31. The van der Waals surface area contributed by atoms with Gasteiger partial charge in [0.05, 0.1) is 12.1 Å². The van der Waals surface area contributed by atoms with Crippen LogP contribution in [0.25, 0.3) is 0 Å². The highest BCUT2D eigenvalue weighted by atomic mass is 35.5. The van der Waals surface area contributed by atoms with E-state index in [4.69, 9.17) is 0 Å². The van der Waals surface area contributed by atoms with Crippen molar-refractivity contribution >= 4 is 53.1 Å². The summed E-state index contributed by atoms with van der Waals surface area (Å²) >= 11 is 1.36. The molecule has 132 valence electrons. The highest BCUT2D eigenvalue weighted by Gasteiger charge is 2.21. The van der Waals surface area contributed by atoms with Crippen molar-refractivity contribution in [1.82, 2.24) is 15.2 Å². The molecule has 1 saturated heterocycles. The predicted octanol–water partition coefficient (Wildman–Crippen LogP) is 1.94. The van der Waals surface area contributed by atoms with Gasteiger partial charge in [0.25, 0.3) is 0 Å². The van der Waals surface area contributed by atoms with Gasteiger partial charge < -0.3 is 15.5 Å². The molecular formula is C14H24Cl2N4O2S. The first kappa shape index (κ1) is 22.1. The van der Waals surface area contributed by atoms with Gasteiger partial charge in [0.1, 0.15) is 0 Å².